The molecule has 0 heterocycles. The van der Waals surface area contributed by atoms with Gasteiger partial charge in [-0.15, -0.1) is 5.43 Å². The second-order valence-electron chi connectivity index (χ2n) is 1.26. The van der Waals surface area contributed by atoms with Crippen LogP contribution < -0.4 is 11.3 Å². The molecule has 0 unspecified atom stereocenters. The van der Waals surface area contributed by atoms with Crippen molar-refractivity contribution < 1.29 is 13.2 Å². The summed E-state index contributed by atoms with van der Waals surface area (Å²) in [5.41, 5.74) is 2.74. The Morgan fingerprint density at radius 3 is 2.22 bits per heavy atom. The fourth-order valence-electron chi connectivity index (χ4n) is 0.132. The zero-order valence-electron chi connectivity index (χ0n) is 4.68. The average Bonchev–Trinajstić information content (AvgIpc) is 1.64. The predicted octanol–water partition coefficient (Wildman–Crippen LogP) is -2.20. The van der Waals surface area contributed by atoms with Crippen molar-refractivity contribution in [2.75, 3.05) is 6.26 Å². The SMILES string of the molecule is CS(=O)(=O)N(N)[N]C=O. The van der Waals surface area contributed by atoms with Crippen LogP contribution in [0.5, 0.6) is 0 Å². The van der Waals surface area contributed by atoms with Crippen molar-refractivity contribution in [3.8, 4) is 0 Å². The molecule has 0 aliphatic heterocycles. The number of nitrogens with zero attached hydrogens (tertiary/aromatic N) is 2. The molecule has 0 saturated carbocycles. The Kier molecular flexibility index (Phi) is 2.56. The molecule has 0 fully saturated rings. The summed E-state index contributed by atoms with van der Waals surface area (Å²) < 4.78 is 20.6. The first-order valence-corrected chi connectivity index (χ1v) is 3.72. The fourth-order valence-corrected chi connectivity index (χ4v) is 0.342. The molecule has 0 rings (SSSR count). The number of hydrogen-bond donors (Lipinski definition) is 1. The van der Waals surface area contributed by atoms with Crippen LogP contribution in [0.3, 0.4) is 0 Å². The molecule has 9 heavy (non-hydrogen) atoms. The lowest BCUT2D eigenvalue weighted by Crippen LogP contribution is -2.42. The van der Waals surface area contributed by atoms with Crippen LogP contribution in [-0.4, -0.2) is 25.6 Å². The van der Waals surface area contributed by atoms with Gasteiger partial charge in [-0.3, -0.25) is 4.79 Å². The summed E-state index contributed by atoms with van der Waals surface area (Å²) in [4.78, 5) is 9.51. The highest BCUT2D eigenvalue weighted by Gasteiger charge is 2.10. The predicted molar refractivity (Wildman–Crippen MR) is 29.1 cm³/mol. The Hall–Kier alpha value is -0.660. The van der Waals surface area contributed by atoms with Gasteiger partial charge in [0.25, 0.3) is 0 Å². The van der Waals surface area contributed by atoms with Crippen LogP contribution in [0, 0.1) is 0 Å². The van der Waals surface area contributed by atoms with E-state index in [-0.39, 0.29) is 10.9 Å². The highest BCUT2D eigenvalue weighted by molar-refractivity contribution is 7.88. The summed E-state index contributed by atoms with van der Waals surface area (Å²) in [6.45, 7) is 0. The molecule has 0 atom stereocenters. The Morgan fingerprint density at radius 2 is 2.11 bits per heavy atom. The van der Waals surface area contributed by atoms with Crippen LogP contribution >= 0.6 is 0 Å². The van der Waals surface area contributed by atoms with E-state index in [0.29, 0.717) is 0 Å². The van der Waals surface area contributed by atoms with Gasteiger partial charge in [0.2, 0.25) is 16.4 Å². The zero-order chi connectivity index (χ0) is 7.49. The maximum atomic E-state index is 10.3. The van der Waals surface area contributed by atoms with E-state index in [1.165, 1.54) is 0 Å². The topological polar surface area (TPSA) is 94.6 Å². The molecule has 1 amide bonds. The number of hydrazine groups is 1. The van der Waals surface area contributed by atoms with Crippen LogP contribution in [0.25, 0.3) is 0 Å². The third-order valence-electron chi connectivity index (χ3n) is 0.501. The van der Waals surface area contributed by atoms with E-state index >= 15 is 0 Å². The number of nitrogens with two attached hydrogens (primary N) is 1. The molecule has 2 N–H and O–H groups in total. The number of amides is 1. The van der Waals surface area contributed by atoms with Gasteiger partial charge in [-0.1, -0.05) is 0 Å². The largest absolute Gasteiger partial charge is 0.275 e. The maximum Gasteiger partial charge on any atom is 0.247 e. The standard InChI is InChI=1S/C2H6N3O3S/c1-9(7,8)5(3)4-2-6/h2H,3H2,1H3. The molecule has 0 aromatic rings. The van der Waals surface area contributed by atoms with Crippen molar-refractivity contribution in [2.45, 2.75) is 0 Å². The fraction of sp³-hybridized carbons (Fsp3) is 0.500. The van der Waals surface area contributed by atoms with Gasteiger partial charge in [-0.25, -0.2) is 14.3 Å². The minimum absolute atomic E-state index is 0.0427. The Labute approximate surface area is 52.6 Å². The second kappa shape index (κ2) is 2.76. The first-order chi connectivity index (χ1) is 3.98. The molecular weight excluding hydrogens is 146 g/mol. The van der Waals surface area contributed by atoms with E-state index in [9.17, 15) is 13.2 Å². The highest BCUT2D eigenvalue weighted by atomic mass is 32.2. The van der Waals surface area contributed by atoms with Crippen molar-refractivity contribution in [3.63, 3.8) is 0 Å². The summed E-state index contributed by atoms with van der Waals surface area (Å²) in [7, 11) is -3.55. The van der Waals surface area contributed by atoms with E-state index in [4.69, 9.17) is 5.84 Å². The molecule has 1 radical (unpaired) electrons. The van der Waals surface area contributed by atoms with Crippen molar-refractivity contribution in [2.24, 2.45) is 5.84 Å². The van der Waals surface area contributed by atoms with E-state index < -0.39 is 10.0 Å². The molecule has 0 aromatic carbocycles. The zero-order valence-corrected chi connectivity index (χ0v) is 5.50. The number of carbonyl (C=O) groups excluding carboxylic acids is 1. The van der Waals surface area contributed by atoms with Gasteiger partial charge < -0.3 is 0 Å². The number of carbonyl (C=O) groups is 1. The molecule has 53 valence electrons. The van der Waals surface area contributed by atoms with Crippen molar-refractivity contribution >= 4 is 16.4 Å². The summed E-state index contributed by atoms with van der Waals surface area (Å²) in [5.74, 6) is 4.71. The van der Waals surface area contributed by atoms with E-state index in [0.717, 1.165) is 6.26 Å². The molecule has 6 nitrogen and oxygen atoms in total. The lowest BCUT2D eigenvalue weighted by atomic mass is 11.4. The summed E-state index contributed by atoms with van der Waals surface area (Å²) in [6.07, 6.45) is 0.876. The number of hydrogen-bond acceptors (Lipinski definition) is 4. The third-order valence-corrected chi connectivity index (χ3v) is 1.27. The Balaban J connectivity index is 4.05. The normalized spacial score (nSPS) is 11.4. The van der Waals surface area contributed by atoms with Gasteiger partial charge in [0, 0.05) is 0 Å². The lowest BCUT2D eigenvalue weighted by Gasteiger charge is -2.05. The molecule has 0 aliphatic carbocycles. The molecular formula is C2H6N3O3S. The smallest absolute Gasteiger partial charge is 0.247 e. The van der Waals surface area contributed by atoms with Gasteiger partial charge in [-0.05, 0) is 4.52 Å². The average molecular weight is 152 g/mol. The maximum absolute atomic E-state index is 10.3. The van der Waals surface area contributed by atoms with Crippen LogP contribution in [-0.2, 0) is 14.8 Å². The quantitative estimate of drug-likeness (QED) is 0.282. The van der Waals surface area contributed by atoms with E-state index in [1.807, 2.05) is 0 Å². The van der Waals surface area contributed by atoms with Crippen LogP contribution in [0.2, 0.25) is 0 Å². The molecule has 0 spiro atoms. The van der Waals surface area contributed by atoms with E-state index in [1.54, 1.807) is 0 Å². The van der Waals surface area contributed by atoms with Crippen LogP contribution in [0.1, 0.15) is 0 Å². The summed E-state index contributed by atoms with van der Waals surface area (Å²) in [6, 6.07) is 0. The molecule has 0 saturated heterocycles. The van der Waals surface area contributed by atoms with Crippen LogP contribution in [0.4, 0.5) is 0 Å². The molecule has 0 aromatic heterocycles. The monoisotopic (exact) mass is 152 g/mol. The number of rotatable bonds is 3. The molecule has 7 heteroatoms. The Bertz CT molecular complexity index is 185. The third kappa shape index (κ3) is 3.01. The molecule has 0 bridgehead atoms. The summed E-state index contributed by atoms with van der Waals surface area (Å²) >= 11 is 0. The number of sulfonamides is 1. The van der Waals surface area contributed by atoms with Crippen molar-refractivity contribution in [1.82, 2.24) is 9.95 Å². The highest BCUT2D eigenvalue weighted by Crippen LogP contribution is 1.81. The van der Waals surface area contributed by atoms with Gasteiger partial charge >= 0.3 is 0 Å². The molecule has 0 aliphatic rings. The lowest BCUT2D eigenvalue weighted by molar-refractivity contribution is -0.112. The van der Waals surface area contributed by atoms with Crippen molar-refractivity contribution in [3.05, 3.63) is 0 Å². The van der Waals surface area contributed by atoms with Gasteiger partial charge in [0.15, 0.2) is 0 Å². The van der Waals surface area contributed by atoms with E-state index in [2.05, 4.69) is 5.43 Å². The second-order valence-corrected chi connectivity index (χ2v) is 3.10. The van der Waals surface area contributed by atoms with Crippen LogP contribution in [0.15, 0.2) is 0 Å². The van der Waals surface area contributed by atoms with Gasteiger partial charge in [0.1, 0.15) is 0 Å². The first-order valence-electron chi connectivity index (χ1n) is 1.88. The van der Waals surface area contributed by atoms with Gasteiger partial charge in [0.05, 0.1) is 6.26 Å². The minimum Gasteiger partial charge on any atom is -0.275 e. The Morgan fingerprint density at radius 1 is 1.67 bits per heavy atom. The summed E-state index contributed by atoms with van der Waals surface area (Å²) in [5, 5.41) is 0. The van der Waals surface area contributed by atoms with Crippen molar-refractivity contribution in [1.29, 1.82) is 0 Å². The van der Waals surface area contributed by atoms with Gasteiger partial charge in [-0.2, -0.15) is 0 Å². The minimum atomic E-state index is -3.55. The first kappa shape index (κ1) is 8.34.